The van der Waals surface area contributed by atoms with Gasteiger partial charge in [-0.3, -0.25) is 9.69 Å². The van der Waals surface area contributed by atoms with Gasteiger partial charge in [0, 0.05) is 42.3 Å². The highest BCUT2D eigenvalue weighted by molar-refractivity contribution is 6.30. The molecular weight excluding hydrogens is 466 g/mol. The highest BCUT2D eigenvalue weighted by Crippen LogP contribution is 2.23. The molecule has 0 bridgehead atoms. The summed E-state index contributed by atoms with van der Waals surface area (Å²) in [6.45, 7) is 7.00. The zero-order valence-electron chi connectivity index (χ0n) is 19.9. The van der Waals surface area contributed by atoms with Crippen molar-refractivity contribution >= 4 is 45.9 Å². The molecule has 0 unspecified atom stereocenters. The maximum atomic E-state index is 12.6. The summed E-state index contributed by atoms with van der Waals surface area (Å²) in [6, 6.07) is 14.1. The first kappa shape index (κ1) is 24.7. The molecule has 9 nitrogen and oxygen atoms in total. The zero-order valence-corrected chi connectivity index (χ0v) is 20.6. The minimum Gasteiger partial charge on any atom is -0.368 e. The molecule has 3 amide bonds. The van der Waals surface area contributed by atoms with Crippen molar-refractivity contribution in [1.29, 1.82) is 0 Å². The van der Waals surface area contributed by atoms with E-state index in [1.807, 2.05) is 38.1 Å². The van der Waals surface area contributed by atoms with Crippen LogP contribution in [0, 0.1) is 5.92 Å². The smallest absolute Gasteiger partial charge is 0.321 e. The van der Waals surface area contributed by atoms with Crippen LogP contribution in [0.2, 0.25) is 5.02 Å². The second-order valence-corrected chi connectivity index (χ2v) is 9.41. The van der Waals surface area contributed by atoms with Gasteiger partial charge in [0.15, 0.2) is 0 Å². The molecule has 184 valence electrons. The number of hydrogen-bond acceptors (Lipinski definition) is 6. The van der Waals surface area contributed by atoms with Crippen LogP contribution in [-0.2, 0) is 11.3 Å². The highest BCUT2D eigenvalue weighted by Gasteiger charge is 2.24. The summed E-state index contributed by atoms with van der Waals surface area (Å²) >= 11 is 5.91. The molecule has 1 aliphatic rings. The first-order valence-electron chi connectivity index (χ1n) is 11.7. The van der Waals surface area contributed by atoms with Gasteiger partial charge in [-0.1, -0.05) is 37.6 Å². The number of amides is 3. The first-order valence-corrected chi connectivity index (χ1v) is 12.0. The maximum absolute atomic E-state index is 12.6. The third-order valence-electron chi connectivity index (χ3n) is 6.03. The Balaban J connectivity index is 1.42. The SMILES string of the molecule is CC(C)[C@H](Nc1nc(CN2CCN(C(=O)Nc3ccc(Cl)cc3)CC2)nc2ccccc12)C(N)=O. The second-order valence-electron chi connectivity index (χ2n) is 8.97. The molecule has 0 saturated carbocycles. The van der Waals surface area contributed by atoms with Crippen LogP contribution in [-0.4, -0.2) is 63.9 Å². The Morgan fingerprint density at radius 3 is 2.37 bits per heavy atom. The van der Waals surface area contributed by atoms with Gasteiger partial charge < -0.3 is 21.3 Å². The molecule has 0 spiro atoms. The predicted octanol–water partition coefficient (Wildman–Crippen LogP) is 3.55. The van der Waals surface area contributed by atoms with Crippen molar-refractivity contribution in [3.8, 4) is 0 Å². The van der Waals surface area contributed by atoms with E-state index in [1.165, 1.54) is 0 Å². The van der Waals surface area contributed by atoms with Crippen LogP contribution in [0.25, 0.3) is 10.9 Å². The van der Waals surface area contributed by atoms with Crippen LogP contribution in [0.3, 0.4) is 0 Å². The predicted molar refractivity (Wildman–Crippen MR) is 138 cm³/mol. The summed E-state index contributed by atoms with van der Waals surface area (Å²) in [7, 11) is 0. The molecule has 1 aromatic heterocycles. The summed E-state index contributed by atoms with van der Waals surface area (Å²) in [6.07, 6.45) is 0. The van der Waals surface area contributed by atoms with E-state index in [2.05, 4.69) is 15.5 Å². The van der Waals surface area contributed by atoms with Crippen molar-refractivity contribution in [2.24, 2.45) is 11.7 Å². The number of hydrogen-bond donors (Lipinski definition) is 3. The molecule has 1 atom stereocenters. The largest absolute Gasteiger partial charge is 0.368 e. The number of nitrogens with zero attached hydrogens (tertiary/aromatic N) is 4. The number of fused-ring (bicyclic) bond motifs is 1. The Morgan fingerprint density at radius 1 is 1.03 bits per heavy atom. The Hall–Kier alpha value is -3.43. The fourth-order valence-corrected chi connectivity index (χ4v) is 4.19. The van der Waals surface area contributed by atoms with Crippen molar-refractivity contribution in [3.05, 3.63) is 59.4 Å². The summed E-state index contributed by atoms with van der Waals surface area (Å²) in [5.41, 5.74) is 7.12. The van der Waals surface area contributed by atoms with Crippen molar-refractivity contribution < 1.29 is 9.59 Å². The van der Waals surface area contributed by atoms with Crippen LogP contribution in [0.1, 0.15) is 19.7 Å². The van der Waals surface area contributed by atoms with Crippen molar-refractivity contribution in [1.82, 2.24) is 19.8 Å². The van der Waals surface area contributed by atoms with E-state index in [1.54, 1.807) is 29.2 Å². The van der Waals surface area contributed by atoms with Crippen LogP contribution >= 0.6 is 11.6 Å². The van der Waals surface area contributed by atoms with E-state index in [0.717, 1.165) is 10.9 Å². The van der Waals surface area contributed by atoms with Crippen LogP contribution < -0.4 is 16.4 Å². The quantitative estimate of drug-likeness (QED) is 0.461. The number of primary amides is 1. The summed E-state index contributed by atoms with van der Waals surface area (Å²) in [5, 5.41) is 7.60. The Labute approximate surface area is 209 Å². The number of aromatic nitrogens is 2. The van der Waals surface area contributed by atoms with Gasteiger partial charge in [0.2, 0.25) is 5.91 Å². The van der Waals surface area contributed by atoms with Gasteiger partial charge in [0.05, 0.1) is 12.1 Å². The summed E-state index contributed by atoms with van der Waals surface area (Å²) in [4.78, 5) is 38.1. The third-order valence-corrected chi connectivity index (χ3v) is 6.29. The molecular formula is C25H30ClN7O2. The number of piperazine rings is 1. The number of carbonyl (C=O) groups excluding carboxylic acids is 2. The molecule has 3 aromatic rings. The lowest BCUT2D eigenvalue weighted by molar-refractivity contribution is -0.119. The first-order chi connectivity index (χ1) is 16.8. The van der Waals surface area contributed by atoms with Gasteiger partial charge in [-0.05, 0) is 42.3 Å². The van der Waals surface area contributed by atoms with Crippen molar-refractivity contribution in [2.45, 2.75) is 26.4 Å². The van der Waals surface area contributed by atoms with E-state index in [9.17, 15) is 9.59 Å². The van der Waals surface area contributed by atoms with Crippen molar-refractivity contribution in [3.63, 3.8) is 0 Å². The van der Waals surface area contributed by atoms with Gasteiger partial charge in [-0.2, -0.15) is 0 Å². The lowest BCUT2D eigenvalue weighted by atomic mass is 10.0. The number of urea groups is 1. The Kier molecular flexibility index (Phi) is 7.67. The molecule has 4 N–H and O–H groups in total. The molecule has 1 fully saturated rings. The summed E-state index contributed by atoms with van der Waals surface area (Å²) in [5.74, 6) is 0.843. The number of rotatable bonds is 7. The van der Waals surface area contributed by atoms with Crippen LogP contribution in [0.15, 0.2) is 48.5 Å². The van der Waals surface area contributed by atoms with Gasteiger partial charge >= 0.3 is 6.03 Å². The normalized spacial score (nSPS) is 15.3. The number of benzene rings is 2. The second kappa shape index (κ2) is 10.9. The van der Waals surface area contributed by atoms with Gasteiger partial charge in [0.1, 0.15) is 17.7 Å². The average Bonchev–Trinajstić information content (AvgIpc) is 2.84. The molecule has 35 heavy (non-hydrogen) atoms. The molecule has 2 aromatic carbocycles. The van der Waals surface area contributed by atoms with E-state index in [-0.39, 0.29) is 11.9 Å². The standard InChI is InChI=1S/C25H30ClN7O2/c1-16(2)22(23(27)34)31-24-19-5-3-4-6-20(19)29-21(30-24)15-32-11-13-33(14-12-32)25(35)28-18-9-7-17(26)8-10-18/h3-10,16,22H,11-15H2,1-2H3,(H2,27,34)(H,28,35)(H,29,30,31)/t22-/m0/s1. The Bertz CT molecular complexity index is 1190. The Morgan fingerprint density at radius 2 is 1.71 bits per heavy atom. The third kappa shape index (κ3) is 6.17. The summed E-state index contributed by atoms with van der Waals surface area (Å²) < 4.78 is 0. The topological polar surface area (TPSA) is 116 Å². The molecule has 0 radical (unpaired) electrons. The van der Waals surface area contributed by atoms with Crippen molar-refractivity contribution in [2.75, 3.05) is 36.8 Å². The van der Waals surface area contributed by atoms with Gasteiger partial charge in [-0.25, -0.2) is 14.8 Å². The number of nitrogens with one attached hydrogen (secondary N) is 2. The number of anilines is 2. The van der Waals surface area contributed by atoms with E-state index >= 15 is 0 Å². The average molecular weight is 496 g/mol. The lowest BCUT2D eigenvalue weighted by Crippen LogP contribution is -2.49. The molecule has 4 rings (SSSR count). The minimum absolute atomic E-state index is 0.0109. The maximum Gasteiger partial charge on any atom is 0.321 e. The molecule has 1 aliphatic heterocycles. The number of carbonyl (C=O) groups is 2. The van der Waals surface area contributed by atoms with E-state index in [0.29, 0.717) is 55.1 Å². The fraction of sp³-hybridized carbons (Fsp3) is 0.360. The molecule has 0 aliphatic carbocycles. The number of halogens is 1. The van der Waals surface area contributed by atoms with E-state index in [4.69, 9.17) is 27.3 Å². The highest BCUT2D eigenvalue weighted by atomic mass is 35.5. The monoisotopic (exact) mass is 495 g/mol. The zero-order chi connectivity index (χ0) is 24.9. The molecule has 2 heterocycles. The number of para-hydroxylation sites is 1. The van der Waals surface area contributed by atoms with Crippen LogP contribution in [0.4, 0.5) is 16.3 Å². The minimum atomic E-state index is -0.538. The van der Waals surface area contributed by atoms with E-state index < -0.39 is 11.9 Å². The van der Waals surface area contributed by atoms with Gasteiger partial charge in [-0.15, -0.1) is 0 Å². The molecule has 1 saturated heterocycles. The fourth-order valence-electron chi connectivity index (χ4n) is 4.06. The van der Waals surface area contributed by atoms with Crippen LogP contribution in [0.5, 0.6) is 0 Å². The van der Waals surface area contributed by atoms with Gasteiger partial charge in [0.25, 0.3) is 0 Å². The lowest BCUT2D eigenvalue weighted by Gasteiger charge is -2.34. The number of nitrogens with two attached hydrogens (primary N) is 1. The molecule has 10 heteroatoms.